The lowest BCUT2D eigenvalue weighted by Crippen LogP contribution is -2.21. The number of pyridine rings is 1. The van der Waals surface area contributed by atoms with Crippen molar-refractivity contribution in [1.82, 2.24) is 4.98 Å². The van der Waals surface area contributed by atoms with Crippen LogP contribution in [0.4, 0.5) is 0 Å². The first-order valence-electron chi connectivity index (χ1n) is 10.5. The summed E-state index contributed by atoms with van der Waals surface area (Å²) in [5, 5.41) is 11.1. The molecule has 0 amide bonds. The molecule has 30 heavy (non-hydrogen) atoms. The van der Waals surface area contributed by atoms with Gasteiger partial charge in [0.15, 0.2) is 6.10 Å². The van der Waals surface area contributed by atoms with Crippen molar-refractivity contribution in [2.45, 2.75) is 52.1 Å². The van der Waals surface area contributed by atoms with Crippen LogP contribution in [0.25, 0.3) is 21.3 Å². The fraction of sp³-hybridized carbons (Fsp3) is 0.417. The monoisotopic (exact) mass is 423 g/mol. The minimum atomic E-state index is -1.06. The van der Waals surface area contributed by atoms with Crippen LogP contribution in [0, 0.1) is 13.8 Å². The molecule has 5 rings (SSSR count). The lowest BCUT2D eigenvalue weighted by atomic mass is 9.81. The van der Waals surface area contributed by atoms with Crippen molar-refractivity contribution in [2.24, 2.45) is 0 Å². The first-order valence-corrected chi connectivity index (χ1v) is 11.3. The summed E-state index contributed by atoms with van der Waals surface area (Å²) in [6.45, 7) is 6.72. The van der Waals surface area contributed by atoms with Crippen LogP contribution >= 0.6 is 11.3 Å². The van der Waals surface area contributed by atoms with E-state index in [1.54, 1.807) is 11.3 Å². The average molecular weight is 424 g/mol. The fourth-order valence-electron chi connectivity index (χ4n) is 4.95. The molecule has 6 heteroatoms. The van der Waals surface area contributed by atoms with Gasteiger partial charge in [0.05, 0.1) is 6.61 Å². The van der Waals surface area contributed by atoms with Gasteiger partial charge in [-0.25, -0.2) is 9.78 Å². The number of hydrogen-bond donors (Lipinski definition) is 1. The van der Waals surface area contributed by atoms with E-state index in [4.69, 9.17) is 14.5 Å². The minimum absolute atomic E-state index is 0.308. The van der Waals surface area contributed by atoms with Gasteiger partial charge < -0.3 is 14.6 Å². The van der Waals surface area contributed by atoms with Gasteiger partial charge in [0.1, 0.15) is 10.6 Å². The summed E-state index contributed by atoms with van der Waals surface area (Å²) in [6.07, 6.45) is 2.21. The Kier molecular flexibility index (Phi) is 4.79. The Bertz CT molecular complexity index is 1170. The van der Waals surface area contributed by atoms with Crippen molar-refractivity contribution in [3.63, 3.8) is 0 Å². The lowest BCUT2D eigenvalue weighted by Gasteiger charge is -2.29. The molecule has 2 atom stereocenters. The second-order valence-corrected chi connectivity index (χ2v) is 9.26. The van der Waals surface area contributed by atoms with Gasteiger partial charge in [-0.2, -0.15) is 0 Å². The molecule has 2 aromatic heterocycles. The summed E-state index contributed by atoms with van der Waals surface area (Å²) >= 11 is 1.76. The third kappa shape index (κ3) is 2.93. The van der Waals surface area contributed by atoms with Crippen LogP contribution in [0.15, 0.2) is 18.2 Å². The largest absolute Gasteiger partial charge is 0.492 e. The number of aliphatic carboxylic acids is 1. The predicted molar refractivity (Wildman–Crippen MR) is 118 cm³/mol. The van der Waals surface area contributed by atoms with Crippen LogP contribution in [0.1, 0.15) is 59.0 Å². The third-order valence-electron chi connectivity index (χ3n) is 6.21. The molecule has 3 heterocycles. The Balaban J connectivity index is 1.94. The number of aryl methyl sites for hydroxylation is 3. The highest BCUT2D eigenvalue weighted by atomic mass is 32.1. The molecule has 156 valence electrons. The molecule has 1 aromatic carbocycles. The number of thiophene rings is 1. The highest BCUT2D eigenvalue weighted by Crippen LogP contribution is 2.51. The quantitative estimate of drug-likeness (QED) is 0.595. The predicted octanol–water partition coefficient (Wildman–Crippen LogP) is 5.55. The minimum Gasteiger partial charge on any atom is -0.492 e. The van der Waals surface area contributed by atoms with E-state index in [0.717, 1.165) is 51.9 Å². The zero-order valence-electron chi connectivity index (χ0n) is 17.4. The van der Waals surface area contributed by atoms with E-state index in [9.17, 15) is 9.90 Å². The number of carboxylic acids is 1. The van der Waals surface area contributed by atoms with Gasteiger partial charge in [-0.15, -0.1) is 11.3 Å². The van der Waals surface area contributed by atoms with Crippen LogP contribution in [-0.2, 0) is 16.0 Å². The molecule has 0 saturated heterocycles. The number of nitrogens with zero attached hydrogens (tertiary/aromatic N) is 1. The number of carbonyl (C=O) groups is 1. The van der Waals surface area contributed by atoms with Crippen molar-refractivity contribution in [2.75, 3.05) is 13.2 Å². The number of fused-ring (bicyclic) bond motifs is 2. The van der Waals surface area contributed by atoms with Gasteiger partial charge in [-0.1, -0.05) is 12.1 Å². The molecular weight excluding hydrogens is 398 g/mol. The molecule has 1 aliphatic carbocycles. The summed E-state index contributed by atoms with van der Waals surface area (Å²) in [5.74, 6) is 0.130. The van der Waals surface area contributed by atoms with Gasteiger partial charge >= 0.3 is 5.97 Å². The standard InChI is InChI=1S/C24H25NO4S/c1-4-28-22(24(26)27)18-13(3)25-23-21-19-14(6-5-7-17(19)30-23)11-29-16-10-12(2)8-9-15(16)20(18)21/h8-10,14,22H,4-7,11H2,1-3H3,(H,26,27). The zero-order valence-corrected chi connectivity index (χ0v) is 18.3. The lowest BCUT2D eigenvalue weighted by molar-refractivity contribution is -0.150. The molecule has 1 aliphatic heterocycles. The summed E-state index contributed by atoms with van der Waals surface area (Å²) in [7, 11) is 0. The Morgan fingerprint density at radius 2 is 2.23 bits per heavy atom. The Morgan fingerprint density at radius 1 is 1.40 bits per heavy atom. The maximum Gasteiger partial charge on any atom is 0.337 e. The molecule has 0 bridgehead atoms. The number of aromatic nitrogens is 1. The highest BCUT2D eigenvalue weighted by Gasteiger charge is 2.35. The van der Waals surface area contributed by atoms with E-state index in [2.05, 4.69) is 18.2 Å². The SMILES string of the molecule is CCOC(C(=O)O)c1c(C)nc2sc3c4c2c1-c1ccc(C)cc1OCC4CCC3. The van der Waals surface area contributed by atoms with E-state index >= 15 is 0 Å². The smallest absolute Gasteiger partial charge is 0.337 e. The van der Waals surface area contributed by atoms with Crippen LogP contribution in [-0.4, -0.2) is 29.3 Å². The maximum atomic E-state index is 12.2. The maximum absolute atomic E-state index is 12.2. The van der Waals surface area contributed by atoms with Gasteiger partial charge in [0.25, 0.3) is 0 Å². The van der Waals surface area contributed by atoms with Gasteiger partial charge in [0.2, 0.25) is 0 Å². The normalized spacial score (nSPS) is 18.3. The molecule has 0 saturated carbocycles. The molecule has 0 radical (unpaired) electrons. The molecule has 3 aromatic rings. The molecule has 0 spiro atoms. The van der Waals surface area contributed by atoms with Crippen LogP contribution in [0.5, 0.6) is 5.75 Å². The van der Waals surface area contributed by atoms with E-state index in [1.165, 1.54) is 10.4 Å². The second-order valence-electron chi connectivity index (χ2n) is 8.18. The first kappa shape index (κ1) is 19.5. The van der Waals surface area contributed by atoms with Crippen molar-refractivity contribution in [3.05, 3.63) is 45.5 Å². The van der Waals surface area contributed by atoms with Crippen molar-refractivity contribution >= 4 is 27.5 Å². The summed E-state index contributed by atoms with van der Waals surface area (Å²) < 4.78 is 12.1. The van der Waals surface area contributed by atoms with Crippen molar-refractivity contribution in [1.29, 1.82) is 0 Å². The molecule has 2 aliphatic rings. The second kappa shape index (κ2) is 7.36. The number of benzene rings is 1. The van der Waals surface area contributed by atoms with E-state index < -0.39 is 12.1 Å². The van der Waals surface area contributed by atoms with Gasteiger partial charge in [-0.05, 0) is 57.2 Å². The van der Waals surface area contributed by atoms with E-state index in [-0.39, 0.29) is 0 Å². The molecule has 0 fully saturated rings. The number of carboxylic acid groups (broad SMARTS) is 1. The molecule has 2 unspecified atom stereocenters. The average Bonchev–Trinajstić information content (AvgIpc) is 3.07. The molecule has 5 nitrogen and oxygen atoms in total. The molecular formula is C24H25NO4S. The highest BCUT2D eigenvalue weighted by molar-refractivity contribution is 7.19. The number of rotatable bonds is 4. The van der Waals surface area contributed by atoms with Gasteiger partial charge in [0, 0.05) is 45.2 Å². The van der Waals surface area contributed by atoms with E-state index in [1.807, 2.05) is 20.8 Å². The molecule has 1 N–H and O–H groups in total. The number of ether oxygens (including phenoxy) is 2. The zero-order chi connectivity index (χ0) is 21.0. The Labute approximate surface area is 179 Å². The van der Waals surface area contributed by atoms with Gasteiger partial charge in [-0.3, -0.25) is 0 Å². The van der Waals surface area contributed by atoms with Crippen molar-refractivity contribution in [3.8, 4) is 16.9 Å². The summed E-state index contributed by atoms with van der Waals surface area (Å²) in [4.78, 5) is 19.5. The van der Waals surface area contributed by atoms with Crippen LogP contribution < -0.4 is 4.74 Å². The number of hydrogen-bond acceptors (Lipinski definition) is 5. The van der Waals surface area contributed by atoms with Crippen LogP contribution in [0.2, 0.25) is 0 Å². The fourth-order valence-corrected chi connectivity index (χ4v) is 6.31. The first-order chi connectivity index (χ1) is 14.5. The van der Waals surface area contributed by atoms with Crippen LogP contribution in [0.3, 0.4) is 0 Å². The van der Waals surface area contributed by atoms with Crippen molar-refractivity contribution < 1.29 is 19.4 Å². The van der Waals surface area contributed by atoms with E-state index in [0.29, 0.717) is 30.4 Å². The third-order valence-corrected chi connectivity index (χ3v) is 7.37. The topological polar surface area (TPSA) is 68.7 Å². The Hall–Kier alpha value is -2.44. The summed E-state index contributed by atoms with van der Waals surface area (Å²) in [6, 6.07) is 6.17. The Morgan fingerprint density at radius 3 is 3.00 bits per heavy atom. The summed E-state index contributed by atoms with van der Waals surface area (Å²) in [5.41, 5.74) is 5.65.